The fourth-order valence-corrected chi connectivity index (χ4v) is 11.0. The van der Waals surface area contributed by atoms with Crippen molar-refractivity contribution in [2.24, 2.45) is 5.41 Å². The molecule has 5 rings (SSSR count). The van der Waals surface area contributed by atoms with Crippen LogP contribution in [0.2, 0.25) is 0 Å². The van der Waals surface area contributed by atoms with Crippen LogP contribution >= 0.6 is 7.92 Å². The van der Waals surface area contributed by atoms with Gasteiger partial charge in [-0.15, -0.1) is 0 Å². The quantitative estimate of drug-likeness (QED) is 0.0216. The van der Waals surface area contributed by atoms with Crippen molar-refractivity contribution in [2.45, 2.75) is 172 Å². The van der Waals surface area contributed by atoms with Gasteiger partial charge in [0.25, 0.3) is 0 Å². The first-order valence-electron chi connectivity index (χ1n) is 30.8. The molecule has 0 aliphatic rings. The minimum absolute atomic E-state index is 0. The summed E-state index contributed by atoms with van der Waals surface area (Å²) >= 11 is 0. The maximum absolute atomic E-state index is 7.75. The molecule has 5 aromatic rings. The van der Waals surface area contributed by atoms with Crippen molar-refractivity contribution in [2.75, 3.05) is 26.2 Å². The Labute approximate surface area is 848 Å². The predicted octanol–water partition coefficient (Wildman–Crippen LogP) is 10.3. The second-order valence-corrected chi connectivity index (χ2v) is 26.1. The molecule has 0 heterocycles. The van der Waals surface area contributed by atoms with E-state index in [9.17, 15) is 0 Å². The summed E-state index contributed by atoms with van der Waals surface area (Å²) in [7, 11) is -1.27. The Morgan fingerprint density at radius 1 is 0.358 bits per heavy atom. The molecule has 8 N–H and O–H groups in total. The molecule has 0 fully saturated rings. The number of aryl methyl sites for hydroxylation is 1. The van der Waals surface area contributed by atoms with Gasteiger partial charge in [0.15, 0.2) is 0 Å². The summed E-state index contributed by atoms with van der Waals surface area (Å²) in [5, 5.41) is 2.69. The molecule has 26 nitrogen and oxygen atoms in total. The molecule has 0 spiro atoms. The van der Waals surface area contributed by atoms with Gasteiger partial charge in [0, 0.05) is 79.6 Å². The third kappa shape index (κ3) is 92.3. The largest absolute Gasteiger partial charge is 3.00 e. The van der Waals surface area contributed by atoms with Gasteiger partial charge in [-0.2, -0.15) is 0 Å². The summed E-state index contributed by atoms with van der Waals surface area (Å²) in [4.78, 5) is 140. The third-order valence-corrected chi connectivity index (χ3v) is 16.2. The predicted molar refractivity (Wildman–Crippen MR) is 470 cm³/mol. The number of rotatable bonds is 21. The van der Waals surface area contributed by atoms with Crippen molar-refractivity contribution >= 4 is 141 Å². The number of ether oxygens (including phenoxy) is 4. The van der Waals surface area contributed by atoms with E-state index in [1.54, 1.807) is 0 Å². The van der Waals surface area contributed by atoms with E-state index in [4.69, 9.17) is 105 Å². The van der Waals surface area contributed by atoms with Gasteiger partial charge in [-0.1, -0.05) is 188 Å². The molecule has 0 amide bonds. The Morgan fingerprint density at radius 2 is 0.593 bits per heavy atom. The zero-order valence-electron chi connectivity index (χ0n) is 73.6. The minimum Gasteiger partial charge on any atom is -0.545 e. The van der Waals surface area contributed by atoms with Crippen LogP contribution in [0.15, 0.2) is 120 Å². The van der Waals surface area contributed by atoms with E-state index in [2.05, 4.69) is 350 Å². The molecule has 0 aliphatic heterocycles. The normalized spacial score (nSPS) is 8.14. The first kappa shape index (κ1) is 208. The number of hydrogen-bond acceptors (Lipinski definition) is 22. The van der Waals surface area contributed by atoms with Crippen LogP contribution in [0, 0.1) is 42.0 Å². The van der Waals surface area contributed by atoms with Gasteiger partial charge >= 0.3 is 101 Å². The first-order chi connectivity index (χ1) is 51.4. The van der Waals surface area contributed by atoms with Crippen LogP contribution in [0.25, 0.3) is 0 Å². The zero-order chi connectivity index (χ0) is 88.3. The van der Waals surface area contributed by atoms with Gasteiger partial charge in [0.1, 0.15) is 35.8 Å². The van der Waals surface area contributed by atoms with Crippen molar-refractivity contribution in [3.63, 3.8) is 0 Å². The molecule has 0 saturated heterocycles. The molecule has 721 valence electrons. The average molecular weight is 3170 g/mol. The van der Waals surface area contributed by atoms with E-state index in [-0.39, 0.29) is 234 Å². The Kier molecular flexibility index (Phi) is 245. The first-order valence-corrected chi connectivity index (χ1v) is 32.5. The summed E-state index contributed by atoms with van der Waals surface area (Å²) in [6, 6.07) is 36.3. The SMILES string of the molecule is O.O.O.O.[CH-]=O.[CH-]=O.[CH-]=O.[CH-]=O.[CH-]=O.[CH-]=O.[CH-]=O.[CH-]=O.[CH-]=O.[CH-]=O.[CH-]=O.[CH-]=O.[CH-]=O.[CH-]=O.[CH-]=O.[CH-]=O.[CH-]=O.[CH-]=O.[CH2-]COc1c(CC(/C=C(\C)C(C)(C)C)=C(/C)OCCC)cc(C(C)(C)C)cc1Cc1cc(C(C)(C)C)cc(Cc2cc(C(C)(C)C)cc(CC)c2OC[PH+](c2ccccc2)c2ccccc2)c1OCCC.[CH3-].[CH3-].[CH3-].[CH3-].[Ir+3].[Ir+3].[Ir+3].[Ir+3].[Ir+3].[Ir].[Ir].[Ir]. The van der Waals surface area contributed by atoms with Gasteiger partial charge in [-0.05, 0) is 141 Å². The van der Waals surface area contributed by atoms with Gasteiger partial charge in [-0.3, -0.25) is 122 Å². The van der Waals surface area contributed by atoms with Crippen molar-refractivity contribution in [1.29, 1.82) is 0 Å². The maximum atomic E-state index is 7.75. The Hall–Kier alpha value is -5.70. The van der Waals surface area contributed by atoms with Crippen molar-refractivity contribution < 1.29 is 288 Å². The van der Waals surface area contributed by atoms with Crippen LogP contribution in [0.4, 0.5) is 0 Å². The van der Waals surface area contributed by atoms with Crippen LogP contribution in [0.5, 0.6) is 17.2 Å². The summed E-state index contributed by atoms with van der Waals surface area (Å²) in [6.45, 7) is 103. The summed E-state index contributed by atoms with van der Waals surface area (Å²) in [5.41, 5.74) is 13.1. The molecular formula is C88H129Ir8O26P-7. The average Bonchev–Trinajstić information content (AvgIpc) is 0.772. The molecule has 0 saturated carbocycles. The van der Waals surface area contributed by atoms with Crippen molar-refractivity contribution in [1.82, 2.24) is 0 Å². The van der Waals surface area contributed by atoms with Crippen molar-refractivity contribution in [3.8, 4) is 17.2 Å². The van der Waals surface area contributed by atoms with Crippen LogP contribution in [0.1, 0.15) is 181 Å². The topological polar surface area (TPSA) is 470 Å². The second-order valence-electron chi connectivity index (χ2n) is 23.7. The molecule has 0 bridgehead atoms. The Bertz CT molecular complexity index is 2890. The van der Waals surface area contributed by atoms with E-state index in [1.165, 1.54) is 55.1 Å². The third-order valence-electron chi connectivity index (χ3n) is 13.7. The van der Waals surface area contributed by atoms with Crippen LogP contribution in [0.3, 0.4) is 0 Å². The van der Waals surface area contributed by atoms with E-state index >= 15 is 0 Å². The molecule has 35 heteroatoms. The molecule has 0 aliphatic carbocycles. The maximum Gasteiger partial charge on any atom is 3.00 e. The monoisotopic (exact) mass is 3180 g/mol. The molecular weight excluding hydrogens is 3040 g/mol. The van der Waals surface area contributed by atoms with E-state index in [1.807, 2.05) is 0 Å². The van der Waals surface area contributed by atoms with Crippen molar-refractivity contribution in [3.05, 3.63) is 207 Å². The smallest absolute Gasteiger partial charge is 0.545 e. The van der Waals surface area contributed by atoms with Crippen LogP contribution in [-0.4, -0.2) is 170 Å². The summed E-state index contributed by atoms with van der Waals surface area (Å²) < 4.78 is 27.5. The number of allylic oxidation sites excluding steroid dienone is 4. The number of hydrogen-bond donors (Lipinski definition) is 0. The van der Waals surface area contributed by atoms with E-state index < -0.39 is 7.92 Å². The van der Waals surface area contributed by atoms with Crippen LogP contribution < -0.4 is 24.8 Å². The molecule has 5 aromatic carbocycles. The summed E-state index contributed by atoms with van der Waals surface area (Å²) in [6.07, 6.45) is 7.65. The Balaban J connectivity index is -0.0000000528. The van der Waals surface area contributed by atoms with Gasteiger partial charge in [-0.25, -0.2) is 0 Å². The zero-order valence-corrected chi connectivity index (χ0v) is 93.8. The van der Waals surface area contributed by atoms with Gasteiger partial charge < -0.3 is 164 Å². The molecule has 0 aromatic heterocycles. The minimum atomic E-state index is -1.27. The summed E-state index contributed by atoms with van der Waals surface area (Å²) in [5.74, 6) is 3.82. The van der Waals surface area contributed by atoms with E-state index in [0.717, 1.165) is 59.0 Å². The fourth-order valence-electron chi connectivity index (χ4n) is 8.82. The van der Waals surface area contributed by atoms with E-state index in [0.29, 0.717) is 45.4 Å². The number of benzene rings is 5. The molecule has 3 radical (unpaired) electrons. The van der Waals surface area contributed by atoms with Crippen LogP contribution in [-0.2, 0) is 294 Å². The standard InChI is InChI=1S/C66H90O4P.18CHO.4CH3.8Ir.4H2O/c1-19-33-68-47(6)49(35-46(5)63(7,8)9)36-50-40-56(65(13,14)15)42-52(61(50)67-22-4)38-54-44-57(66(16,17)18)43-53(62(54)69-34-20-2)37-51-41-55(64(10,11)12)39-48(21-3)60(51)70-45-71(58-29-25-23-26-30-58)59-31-27-24-28-32-59;18*1-2;;;;;;;;;;;;;;;;/h23-32,35,39-44H,4,19-22,33-34,36-38,45H2,1-3,5-18H3;18*1H;4*1H3;;;;;;;;;4*1H2/q23*-1;;;;5*+3;;;;/p+1/b46-35+,49-47-;;;;;;;;;;;;;;;;;;;;;;;;;;;;;;;;;;. The Morgan fingerprint density at radius 3 is 0.821 bits per heavy atom. The fraction of sp³-hybridized carbons (Fsp3) is 0.352. The van der Waals surface area contributed by atoms with Gasteiger partial charge in [0.2, 0.25) is 6.35 Å². The van der Waals surface area contributed by atoms with Gasteiger partial charge in [0.05, 0.1) is 19.0 Å². The second kappa shape index (κ2) is 145. The molecule has 123 heavy (non-hydrogen) atoms. The molecule has 0 atom stereocenters. The number of carbonyl (C=O) groups excluding carboxylic acids is 18. The molecule has 0 unspecified atom stereocenters.